The van der Waals surface area contributed by atoms with Gasteiger partial charge in [-0.2, -0.15) is 0 Å². The zero-order valence-electron chi connectivity index (χ0n) is 18.1. The molecule has 3 aromatic carbocycles. The first-order valence-corrected chi connectivity index (χ1v) is 11.1. The van der Waals surface area contributed by atoms with Crippen LogP contribution in [0.5, 0.6) is 5.75 Å². The monoisotopic (exact) mass is 479 g/mol. The Morgan fingerprint density at radius 3 is 2.48 bits per heavy atom. The normalized spacial score (nSPS) is 10.8. The van der Waals surface area contributed by atoms with Gasteiger partial charge in [0, 0.05) is 17.1 Å². The third-order valence-electron chi connectivity index (χ3n) is 5.05. The topological polar surface area (TPSA) is 76.4 Å². The van der Waals surface area contributed by atoms with Gasteiger partial charge in [0.1, 0.15) is 11.3 Å². The molecule has 0 spiro atoms. The highest BCUT2D eigenvalue weighted by Crippen LogP contribution is 2.22. The number of ether oxygens (including phenoxy) is 1. The molecule has 0 aliphatic carbocycles. The van der Waals surface area contributed by atoms with E-state index in [0.717, 1.165) is 22.4 Å². The number of amides is 1. The van der Waals surface area contributed by atoms with Crippen molar-refractivity contribution in [2.75, 3.05) is 11.9 Å². The fraction of sp³-hybridized carbons (Fsp3) is 0.160. The largest absolute Gasteiger partial charge is 0.484 e. The lowest BCUT2D eigenvalue weighted by Gasteiger charge is -2.11. The van der Waals surface area contributed by atoms with Crippen molar-refractivity contribution in [2.24, 2.45) is 0 Å². The number of anilines is 1. The number of carbonyl (C=O) groups is 1. The van der Waals surface area contributed by atoms with Gasteiger partial charge in [-0.15, -0.1) is 0 Å². The summed E-state index contributed by atoms with van der Waals surface area (Å²) in [7, 11) is 0. The number of aromatic nitrogens is 1. The molecule has 33 heavy (non-hydrogen) atoms. The van der Waals surface area contributed by atoms with Gasteiger partial charge in [-0.1, -0.05) is 23.7 Å². The van der Waals surface area contributed by atoms with Gasteiger partial charge >= 0.3 is 0 Å². The van der Waals surface area contributed by atoms with Crippen molar-refractivity contribution in [1.29, 1.82) is 0 Å². The summed E-state index contributed by atoms with van der Waals surface area (Å²) in [5.74, 6) is 0.855. The van der Waals surface area contributed by atoms with Crippen LogP contribution in [0.1, 0.15) is 22.6 Å². The molecule has 1 amide bonds. The Bertz CT molecular complexity index is 1260. The number of hydrogen-bond acceptors (Lipinski definition) is 5. The van der Waals surface area contributed by atoms with Crippen LogP contribution in [0.3, 0.4) is 0 Å². The van der Waals surface area contributed by atoms with Crippen molar-refractivity contribution in [1.82, 2.24) is 10.3 Å². The fourth-order valence-electron chi connectivity index (χ4n) is 3.19. The molecule has 6 nitrogen and oxygen atoms in total. The minimum absolute atomic E-state index is 0.161. The maximum atomic E-state index is 12.1. The first-order valence-electron chi connectivity index (χ1n) is 10.3. The Labute approximate surface area is 201 Å². The number of benzene rings is 3. The summed E-state index contributed by atoms with van der Waals surface area (Å²) >= 11 is 11.0. The van der Waals surface area contributed by atoms with Crippen molar-refractivity contribution < 1.29 is 13.9 Å². The average Bonchev–Trinajstić information content (AvgIpc) is 3.15. The van der Waals surface area contributed by atoms with Crippen molar-refractivity contribution >= 4 is 51.6 Å². The summed E-state index contributed by atoms with van der Waals surface area (Å²) in [6.45, 7) is 3.96. The molecule has 168 valence electrons. The van der Waals surface area contributed by atoms with Crippen LogP contribution >= 0.6 is 23.8 Å². The van der Waals surface area contributed by atoms with Crippen LogP contribution in [0.15, 0.2) is 65.1 Å². The van der Waals surface area contributed by atoms with E-state index in [0.29, 0.717) is 23.1 Å². The van der Waals surface area contributed by atoms with Gasteiger partial charge < -0.3 is 14.5 Å². The predicted molar refractivity (Wildman–Crippen MR) is 134 cm³/mol. The second kappa shape index (κ2) is 10.0. The molecule has 0 atom stereocenters. The van der Waals surface area contributed by atoms with E-state index in [1.165, 1.54) is 11.1 Å². The highest BCUT2D eigenvalue weighted by atomic mass is 35.5. The van der Waals surface area contributed by atoms with Crippen LogP contribution < -0.4 is 15.4 Å². The standard InChI is InChI=1S/C25H22ClN3O3S/c1-15-11-21-22(12-16(15)2)32-24(28-21)13-17-3-7-19(8-4-17)27-25(33)29-23(30)14-31-20-9-5-18(26)6-10-20/h3-12H,13-14H2,1-2H3,(H2,27,29,30,33). The number of halogens is 1. The molecule has 0 saturated carbocycles. The molecule has 4 aromatic rings. The molecule has 0 saturated heterocycles. The number of carbonyl (C=O) groups excluding carboxylic acids is 1. The summed E-state index contributed by atoms with van der Waals surface area (Å²) < 4.78 is 11.3. The van der Waals surface area contributed by atoms with Gasteiger partial charge in [-0.3, -0.25) is 10.1 Å². The molecule has 0 fully saturated rings. The summed E-state index contributed by atoms with van der Waals surface area (Å²) in [5.41, 5.74) is 5.84. The molecular weight excluding hydrogens is 458 g/mol. The van der Waals surface area contributed by atoms with Gasteiger partial charge in [0.25, 0.3) is 5.91 Å². The molecular formula is C25H22ClN3O3S. The van der Waals surface area contributed by atoms with E-state index in [4.69, 9.17) is 33.0 Å². The van der Waals surface area contributed by atoms with E-state index in [1.54, 1.807) is 24.3 Å². The third kappa shape index (κ3) is 6.09. The van der Waals surface area contributed by atoms with Crippen molar-refractivity contribution in [2.45, 2.75) is 20.3 Å². The molecule has 1 heterocycles. The van der Waals surface area contributed by atoms with E-state index in [-0.39, 0.29) is 17.6 Å². The third-order valence-corrected chi connectivity index (χ3v) is 5.51. The van der Waals surface area contributed by atoms with Crippen molar-refractivity contribution in [3.63, 3.8) is 0 Å². The fourth-order valence-corrected chi connectivity index (χ4v) is 3.55. The lowest BCUT2D eigenvalue weighted by atomic mass is 10.1. The summed E-state index contributed by atoms with van der Waals surface area (Å²) in [5, 5.41) is 6.38. The molecule has 4 rings (SSSR count). The van der Waals surface area contributed by atoms with Gasteiger partial charge in [0.05, 0.1) is 0 Å². The minimum Gasteiger partial charge on any atom is -0.484 e. The number of nitrogens with zero attached hydrogens (tertiary/aromatic N) is 1. The highest BCUT2D eigenvalue weighted by molar-refractivity contribution is 7.80. The lowest BCUT2D eigenvalue weighted by Crippen LogP contribution is -2.37. The quantitative estimate of drug-likeness (QED) is 0.351. The smallest absolute Gasteiger partial charge is 0.264 e. The number of hydrogen-bond donors (Lipinski definition) is 2. The van der Waals surface area contributed by atoms with E-state index in [1.807, 2.05) is 36.4 Å². The number of aryl methyl sites for hydroxylation is 2. The van der Waals surface area contributed by atoms with Crippen molar-refractivity contribution in [3.05, 3.63) is 88.3 Å². The number of nitrogens with one attached hydrogen (secondary N) is 2. The molecule has 0 aliphatic rings. The Kier molecular flexibility index (Phi) is 6.91. The van der Waals surface area contributed by atoms with Gasteiger partial charge in [-0.05, 0) is 91.3 Å². The van der Waals surface area contributed by atoms with Crippen LogP contribution in [0.2, 0.25) is 5.02 Å². The molecule has 2 N–H and O–H groups in total. The molecule has 0 unspecified atom stereocenters. The number of rotatable bonds is 6. The van der Waals surface area contributed by atoms with Gasteiger partial charge in [0.15, 0.2) is 23.2 Å². The SMILES string of the molecule is Cc1cc2nc(Cc3ccc(NC(=S)NC(=O)COc4ccc(Cl)cc4)cc3)oc2cc1C. The molecule has 0 aliphatic heterocycles. The average molecular weight is 480 g/mol. The van der Waals surface area contributed by atoms with Crippen LogP contribution in [0.4, 0.5) is 5.69 Å². The van der Waals surface area contributed by atoms with E-state index < -0.39 is 0 Å². The van der Waals surface area contributed by atoms with Gasteiger partial charge in [-0.25, -0.2) is 4.98 Å². The first kappa shape index (κ1) is 22.8. The summed E-state index contributed by atoms with van der Waals surface area (Å²) in [6.07, 6.45) is 0.580. The zero-order chi connectivity index (χ0) is 23.4. The summed E-state index contributed by atoms with van der Waals surface area (Å²) in [4.78, 5) is 16.6. The molecule has 8 heteroatoms. The van der Waals surface area contributed by atoms with Crippen LogP contribution in [-0.2, 0) is 11.2 Å². The number of fused-ring (bicyclic) bond motifs is 1. The first-order chi connectivity index (χ1) is 15.9. The maximum Gasteiger partial charge on any atom is 0.264 e. The number of thiocarbonyl (C=S) groups is 1. The second-order valence-corrected chi connectivity index (χ2v) is 8.48. The van der Waals surface area contributed by atoms with Crippen molar-refractivity contribution in [3.8, 4) is 5.75 Å². The van der Waals surface area contributed by atoms with E-state index in [9.17, 15) is 4.79 Å². The number of oxazole rings is 1. The minimum atomic E-state index is -0.361. The zero-order valence-corrected chi connectivity index (χ0v) is 19.7. The molecule has 0 bridgehead atoms. The van der Waals surface area contributed by atoms with Crippen LogP contribution in [-0.4, -0.2) is 22.6 Å². The predicted octanol–water partition coefficient (Wildman–Crippen LogP) is 5.58. The van der Waals surface area contributed by atoms with E-state index in [2.05, 4.69) is 29.5 Å². The second-order valence-electron chi connectivity index (χ2n) is 7.63. The lowest BCUT2D eigenvalue weighted by molar-refractivity contribution is -0.121. The molecule has 1 aromatic heterocycles. The Balaban J connectivity index is 1.28. The van der Waals surface area contributed by atoms with E-state index >= 15 is 0 Å². The van der Waals surface area contributed by atoms with Gasteiger partial charge in [0.2, 0.25) is 0 Å². The summed E-state index contributed by atoms with van der Waals surface area (Å²) in [6, 6.07) is 18.5. The van der Waals surface area contributed by atoms with Crippen LogP contribution in [0.25, 0.3) is 11.1 Å². The molecule has 0 radical (unpaired) electrons. The Morgan fingerprint density at radius 2 is 1.76 bits per heavy atom. The maximum absolute atomic E-state index is 12.1. The highest BCUT2D eigenvalue weighted by Gasteiger charge is 2.10. The Hall–Kier alpha value is -3.42. The Morgan fingerprint density at radius 1 is 1.06 bits per heavy atom. The van der Waals surface area contributed by atoms with Crippen LogP contribution in [0, 0.1) is 13.8 Å².